The quantitative estimate of drug-likeness (QED) is 0.430. The van der Waals surface area contributed by atoms with Crippen LogP contribution in [0.15, 0.2) is 24.4 Å². The van der Waals surface area contributed by atoms with Crippen molar-refractivity contribution in [2.24, 2.45) is 5.84 Å². The number of rotatable bonds is 3. The second-order valence-corrected chi connectivity index (χ2v) is 3.25. The third kappa shape index (κ3) is 1.57. The van der Waals surface area contributed by atoms with Crippen LogP contribution in [0.4, 0.5) is 0 Å². The minimum Gasteiger partial charge on any atom is -0.508 e. The third-order valence-electron chi connectivity index (χ3n) is 2.29. The zero-order chi connectivity index (χ0) is 9.97. The summed E-state index contributed by atoms with van der Waals surface area (Å²) >= 11 is 0. The molecule has 0 unspecified atom stereocenters. The van der Waals surface area contributed by atoms with E-state index in [2.05, 4.69) is 10.4 Å². The summed E-state index contributed by atoms with van der Waals surface area (Å²) in [6.07, 6.45) is 2.79. The van der Waals surface area contributed by atoms with Crippen LogP contribution in [0, 0.1) is 0 Å². The standard InChI is InChI=1S/C10H13N3O/c11-13-4-3-7-6-12-10-2-1-8(14)5-9(7)10/h1-2,5-6,12-14H,3-4,11H2. The number of aromatic amines is 1. The number of aromatic nitrogens is 1. The lowest BCUT2D eigenvalue weighted by molar-refractivity contribution is 0.476. The topological polar surface area (TPSA) is 74.1 Å². The van der Waals surface area contributed by atoms with E-state index in [1.54, 1.807) is 12.1 Å². The van der Waals surface area contributed by atoms with Crippen LogP contribution in [0.25, 0.3) is 10.9 Å². The molecule has 4 nitrogen and oxygen atoms in total. The number of nitrogens with two attached hydrogens (primary N) is 1. The molecule has 0 saturated carbocycles. The number of hydrazine groups is 1. The van der Waals surface area contributed by atoms with E-state index in [4.69, 9.17) is 5.84 Å². The third-order valence-corrected chi connectivity index (χ3v) is 2.29. The largest absolute Gasteiger partial charge is 0.508 e. The van der Waals surface area contributed by atoms with Crippen LogP contribution >= 0.6 is 0 Å². The first kappa shape index (κ1) is 9.05. The molecule has 0 amide bonds. The molecule has 74 valence electrons. The molecule has 0 radical (unpaired) electrons. The number of phenols is 1. The summed E-state index contributed by atoms with van der Waals surface area (Å²) in [6, 6.07) is 5.30. The second kappa shape index (κ2) is 3.69. The summed E-state index contributed by atoms with van der Waals surface area (Å²) in [5, 5.41) is 10.4. The van der Waals surface area contributed by atoms with Gasteiger partial charge < -0.3 is 10.1 Å². The summed E-state index contributed by atoms with van der Waals surface area (Å²) in [5.74, 6) is 5.50. The van der Waals surface area contributed by atoms with Gasteiger partial charge in [0.25, 0.3) is 0 Å². The molecule has 2 rings (SSSR count). The molecule has 0 aliphatic heterocycles. The van der Waals surface area contributed by atoms with Crippen LogP contribution in [-0.2, 0) is 6.42 Å². The lowest BCUT2D eigenvalue weighted by Crippen LogP contribution is -2.24. The normalized spacial score (nSPS) is 10.9. The number of hydrogen-bond acceptors (Lipinski definition) is 3. The highest BCUT2D eigenvalue weighted by molar-refractivity contribution is 5.84. The molecule has 1 heterocycles. The van der Waals surface area contributed by atoms with Gasteiger partial charge in [0.15, 0.2) is 0 Å². The van der Waals surface area contributed by atoms with Gasteiger partial charge in [0, 0.05) is 23.6 Å². The Morgan fingerprint density at radius 2 is 2.29 bits per heavy atom. The molecular weight excluding hydrogens is 178 g/mol. The van der Waals surface area contributed by atoms with Gasteiger partial charge >= 0.3 is 0 Å². The summed E-state index contributed by atoms with van der Waals surface area (Å²) < 4.78 is 0. The molecular formula is C10H13N3O. The maximum atomic E-state index is 9.34. The van der Waals surface area contributed by atoms with Crippen molar-refractivity contribution in [3.63, 3.8) is 0 Å². The van der Waals surface area contributed by atoms with Crippen molar-refractivity contribution in [2.45, 2.75) is 6.42 Å². The summed E-state index contributed by atoms with van der Waals surface area (Å²) in [6.45, 7) is 0.725. The van der Waals surface area contributed by atoms with Crippen LogP contribution in [0.2, 0.25) is 0 Å². The summed E-state index contributed by atoms with van der Waals surface area (Å²) in [4.78, 5) is 3.14. The van der Waals surface area contributed by atoms with Crippen molar-refractivity contribution < 1.29 is 5.11 Å². The van der Waals surface area contributed by atoms with Crippen LogP contribution < -0.4 is 11.3 Å². The fourth-order valence-corrected chi connectivity index (χ4v) is 1.58. The molecule has 0 saturated heterocycles. The number of benzene rings is 1. The minimum atomic E-state index is 0.291. The average molecular weight is 191 g/mol. The fraction of sp³-hybridized carbons (Fsp3) is 0.200. The van der Waals surface area contributed by atoms with Crippen molar-refractivity contribution in [3.8, 4) is 5.75 Å². The Morgan fingerprint density at radius 1 is 1.43 bits per heavy atom. The van der Waals surface area contributed by atoms with E-state index in [0.29, 0.717) is 5.75 Å². The van der Waals surface area contributed by atoms with Gasteiger partial charge in [-0.05, 0) is 30.2 Å². The molecule has 1 aromatic heterocycles. The number of fused-ring (bicyclic) bond motifs is 1. The highest BCUT2D eigenvalue weighted by Crippen LogP contribution is 2.22. The monoisotopic (exact) mass is 191 g/mol. The van der Waals surface area contributed by atoms with E-state index < -0.39 is 0 Å². The first-order chi connectivity index (χ1) is 6.81. The second-order valence-electron chi connectivity index (χ2n) is 3.25. The van der Waals surface area contributed by atoms with Crippen LogP contribution in [-0.4, -0.2) is 16.6 Å². The molecule has 0 bridgehead atoms. The predicted molar refractivity (Wildman–Crippen MR) is 55.9 cm³/mol. The zero-order valence-electron chi connectivity index (χ0n) is 7.75. The van der Waals surface area contributed by atoms with Crippen molar-refractivity contribution in [2.75, 3.05) is 6.54 Å². The van der Waals surface area contributed by atoms with Crippen LogP contribution in [0.3, 0.4) is 0 Å². The highest BCUT2D eigenvalue weighted by Gasteiger charge is 2.03. The molecule has 1 aromatic carbocycles. The van der Waals surface area contributed by atoms with Gasteiger partial charge in [0.2, 0.25) is 0 Å². The molecule has 0 atom stereocenters. The van der Waals surface area contributed by atoms with E-state index in [0.717, 1.165) is 29.4 Å². The first-order valence-corrected chi connectivity index (χ1v) is 4.53. The van der Waals surface area contributed by atoms with E-state index in [1.807, 2.05) is 12.3 Å². The van der Waals surface area contributed by atoms with E-state index in [1.165, 1.54) is 0 Å². The van der Waals surface area contributed by atoms with Gasteiger partial charge in [0.05, 0.1) is 0 Å². The molecule has 14 heavy (non-hydrogen) atoms. The fourth-order valence-electron chi connectivity index (χ4n) is 1.58. The Hall–Kier alpha value is -1.52. The van der Waals surface area contributed by atoms with Crippen LogP contribution in [0.1, 0.15) is 5.56 Å². The summed E-state index contributed by atoms with van der Waals surface area (Å²) in [7, 11) is 0. The van der Waals surface area contributed by atoms with Gasteiger partial charge in [-0.25, -0.2) is 0 Å². The van der Waals surface area contributed by atoms with Crippen molar-refractivity contribution in [1.29, 1.82) is 0 Å². The Bertz CT molecular complexity index is 436. The van der Waals surface area contributed by atoms with Crippen molar-refractivity contribution in [1.82, 2.24) is 10.4 Å². The van der Waals surface area contributed by atoms with E-state index in [9.17, 15) is 5.11 Å². The molecule has 0 aliphatic rings. The van der Waals surface area contributed by atoms with Crippen LogP contribution in [0.5, 0.6) is 5.75 Å². The van der Waals surface area contributed by atoms with E-state index >= 15 is 0 Å². The minimum absolute atomic E-state index is 0.291. The molecule has 0 spiro atoms. The number of phenolic OH excluding ortho intramolecular Hbond substituents is 1. The number of nitrogens with one attached hydrogen (secondary N) is 2. The van der Waals surface area contributed by atoms with Gasteiger partial charge in [0.1, 0.15) is 5.75 Å². The zero-order valence-corrected chi connectivity index (χ0v) is 7.75. The Balaban J connectivity index is 2.40. The van der Waals surface area contributed by atoms with Crippen molar-refractivity contribution >= 4 is 10.9 Å². The number of H-pyrrole nitrogens is 1. The molecule has 0 fully saturated rings. The Kier molecular flexibility index (Phi) is 2.39. The van der Waals surface area contributed by atoms with Gasteiger partial charge in [-0.1, -0.05) is 0 Å². The van der Waals surface area contributed by atoms with Gasteiger partial charge in [-0.3, -0.25) is 11.3 Å². The number of hydrogen-bond donors (Lipinski definition) is 4. The molecule has 0 aliphatic carbocycles. The lowest BCUT2D eigenvalue weighted by Gasteiger charge is -1.98. The van der Waals surface area contributed by atoms with Gasteiger partial charge in [-0.15, -0.1) is 0 Å². The van der Waals surface area contributed by atoms with E-state index in [-0.39, 0.29) is 0 Å². The summed E-state index contributed by atoms with van der Waals surface area (Å²) in [5.41, 5.74) is 4.81. The molecule has 5 N–H and O–H groups in total. The molecule has 2 aromatic rings. The Morgan fingerprint density at radius 3 is 3.07 bits per heavy atom. The lowest BCUT2D eigenvalue weighted by atomic mass is 10.1. The molecule has 4 heteroatoms. The SMILES string of the molecule is NNCCc1c[nH]c2ccc(O)cc12. The van der Waals surface area contributed by atoms with Gasteiger partial charge in [-0.2, -0.15) is 0 Å². The number of aromatic hydroxyl groups is 1. The maximum absolute atomic E-state index is 9.34. The highest BCUT2D eigenvalue weighted by atomic mass is 16.3. The first-order valence-electron chi connectivity index (χ1n) is 4.53. The Labute approximate surface area is 81.7 Å². The average Bonchev–Trinajstić information content (AvgIpc) is 2.57. The smallest absolute Gasteiger partial charge is 0.116 e. The predicted octanol–water partition coefficient (Wildman–Crippen LogP) is 0.879. The van der Waals surface area contributed by atoms with Crippen molar-refractivity contribution in [3.05, 3.63) is 30.0 Å². The maximum Gasteiger partial charge on any atom is 0.116 e.